The van der Waals surface area contributed by atoms with Crippen LogP contribution in [0.25, 0.3) is 33.4 Å². The fraction of sp³-hybridized carbons (Fsp3) is 0.0833. The van der Waals surface area contributed by atoms with Crippen molar-refractivity contribution in [1.29, 1.82) is 0 Å². The average Bonchev–Trinajstić information content (AvgIpc) is 3.12. The summed E-state index contributed by atoms with van der Waals surface area (Å²) in [5.41, 5.74) is 1.59. The summed E-state index contributed by atoms with van der Waals surface area (Å²) in [6.45, 7) is 2.70. The maximum absolute atomic E-state index is 11.4. The molecule has 3 aromatic carbocycles. The van der Waals surface area contributed by atoms with Crippen molar-refractivity contribution in [3.8, 4) is 34.1 Å². The van der Waals surface area contributed by atoms with Gasteiger partial charge in [0.1, 0.15) is 11.5 Å². The smallest absolute Gasteiger partial charge is 0.308 e. The Bertz CT molecular complexity index is 1270. The second kappa shape index (κ2) is 9.74. The molecule has 0 fully saturated rings. The van der Waals surface area contributed by atoms with Crippen molar-refractivity contribution in [1.82, 2.24) is 0 Å². The maximum atomic E-state index is 11.4. The third kappa shape index (κ3) is 4.96. The maximum Gasteiger partial charge on any atom is 0.308 e. The first-order chi connectivity index (χ1) is 15.7. The molecule has 1 heterocycles. The molecular formula is C24H14Br4O5. The molecule has 0 saturated heterocycles. The van der Waals surface area contributed by atoms with Crippen molar-refractivity contribution in [3.05, 3.63) is 66.4 Å². The number of furan rings is 1. The van der Waals surface area contributed by atoms with Crippen LogP contribution >= 0.6 is 63.7 Å². The van der Waals surface area contributed by atoms with Gasteiger partial charge in [-0.15, -0.1) is 0 Å². The van der Waals surface area contributed by atoms with Crippen LogP contribution in [-0.2, 0) is 9.59 Å². The summed E-state index contributed by atoms with van der Waals surface area (Å²) in [7, 11) is 0. The van der Waals surface area contributed by atoms with Crippen molar-refractivity contribution >= 4 is 86.4 Å². The molecule has 5 nitrogen and oxygen atoms in total. The molecule has 0 aliphatic heterocycles. The Balaban J connectivity index is 1.89. The highest BCUT2D eigenvalue weighted by Gasteiger charge is 2.21. The molecule has 168 valence electrons. The van der Waals surface area contributed by atoms with E-state index in [1.807, 2.05) is 48.5 Å². The third-order valence-electron chi connectivity index (χ3n) is 4.63. The number of ether oxygens (including phenoxy) is 2. The number of hydrogen-bond acceptors (Lipinski definition) is 5. The number of carbonyl (C=O) groups is 2. The van der Waals surface area contributed by atoms with E-state index in [9.17, 15) is 9.59 Å². The Labute approximate surface area is 223 Å². The van der Waals surface area contributed by atoms with E-state index in [1.165, 1.54) is 13.8 Å². The molecule has 33 heavy (non-hydrogen) atoms. The monoisotopic (exact) mass is 698 g/mol. The third-order valence-corrected chi connectivity index (χ3v) is 6.99. The van der Waals surface area contributed by atoms with Crippen molar-refractivity contribution < 1.29 is 23.5 Å². The van der Waals surface area contributed by atoms with Gasteiger partial charge in [0.05, 0.1) is 17.9 Å². The standard InChI is InChI=1S/C24H14Br4O5/c1-11(29)31-23-17(25)7-13(8-18(23)26)21-15-5-3-4-6-16(15)22(33-21)14-9-19(27)24(20(28)10-14)32-12(2)30/h3-10H,1-2H3. The first-order valence-corrected chi connectivity index (χ1v) is 12.7. The minimum atomic E-state index is -0.414. The Morgan fingerprint density at radius 3 is 1.30 bits per heavy atom. The lowest BCUT2D eigenvalue weighted by Crippen LogP contribution is -2.02. The Kier molecular flexibility index (Phi) is 7.14. The molecule has 0 unspecified atom stereocenters. The normalized spacial score (nSPS) is 11.0. The molecule has 0 aliphatic carbocycles. The molecule has 0 atom stereocenters. The summed E-state index contributed by atoms with van der Waals surface area (Å²) in [4.78, 5) is 22.9. The molecule has 0 saturated carbocycles. The van der Waals surface area contributed by atoms with Crippen LogP contribution in [0.15, 0.2) is 70.8 Å². The minimum Gasteiger partial charge on any atom is -0.455 e. The number of benzene rings is 3. The van der Waals surface area contributed by atoms with Gasteiger partial charge in [-0.2, -0.15) is 0 Å². The number of hydrogen-bond donors (Lipinski definition) is 0. The zero-order valence-corrected chi connectivity index (χ0v) is 23.5. The van der Waals surface area contributed by atoms with Crippen molar-refractivity contribution in [2.24, 2.45) is 0 Å². The number of halogens is 4. The predicted octanol–water partition coefficient (Wildman–Crippen LogP) is 8.67. The zero-order valence-electron chi connectivity index (χ0n) is 17.2. The lowest BCUT2D eigenvalue weighted by molar-refractivity contribution is -0.132. The van der Waals surface area contributed by atoms with E-state index in [0.717, 1.165) is 21.9 Å². The molecule has 9 heteroatoms. The van der Waals surface area contributed by atoms with Gasteiger partial charge in [0, 0.05) is 35.7 Å². The van der Waals surface area contributed by atoms with Gasteiger partial charge in [0.2, 0.25) is 0 Å². The number of fused-ring (bicyclic) bond motifs is 1. The Hall–Kier alpha value is -1.94. The van der Waals surface area contributed by atoms with Crippen LogP contribution in [0, 0.1) is 0 Å². The van der Waals surface area contributed by atoms with Gasteiger partial charge in [-0.05, 0) is 88.0 Å². The molecule has 0 radical (unpaired) electrons. The first kappa shape index (κ1) is 24.2. The molecule has 4 aromatic rings. The van der Waals surface area contributed by atoms with E-state index in [4.69, 9.17) is 13.9 Å². The summed E-state index contributed by atoms with van der Waals surface area (Å²) >= 11 is 13.9. The SMILES string of the molecule is CC(=O)Oc1c(Br)cc(-c2oc(-c3cc(Br)c(OC(C)=O)c(Br)c3)c3ccccc23)cc1Br. The van der Waals surface area contributed by atoms with Gasteiger partial charge in [-0.1, -0.05) is 24.3 Å². The minimum absolute atomic E-state index is 0.399. The molecular weight excluding hydrogens is 688 g/mol. The van der Waals surface area contributed by atoms with E-state index < -0.39 is 11.9 Å². The van der Waals surface area contributed by atoms with Crippen LogP contribution in [0.1, 0.15) is 13.8 Å². The molecule has 0 bridgehead atoms. The van der Waals surface area contributed by atoms with E-state index in [0.29, 0.717) is 40.9 Å². The lowest BCUT2D eigenvalue weighted by Gasteiger charge is -2.10. The topological polar surface area (TPSA) is 65.7 Å². The van der Waals surface area contributed by atoms with E-state index in [-0.39, 0.29) is 0 Å². The summed E-state index contributed by atoms with van der Waals surface area (Å²) < 4.78 is 19.4. The molecule has 4 rings (SSSR count). The van der Waals surface area contributed by atoms with Gasteiger partial charge in [0.15, 0.2) is 11.5 Å². The lowest BCUT2D eigenvalue weighted by atomic mass is 10.0. The van der Waals surface area contributed by atoms with Gasteiger partial charge < -0.3 is 13.9 Å². The van der Waals surface area contributed by atoms with Crippen molar-refractivity contribution in [2.45, 2.75) is 13.8 Å². The second-order valence-corrected chi connectivity index (χ2v) is 10.4. The summed E-state index contributed by atoms with van der Waals surface area (Å²) in [5, 5.41) is 1.84. The second-order valence-electron chi connectivity index (χ2n) is 7.03. The quantitative estimate of drug-likeness (QED) is 0.157. The zero-order chi connectivity index (χ0) is 23.9. The first-order valence-electron chi connectivity index (χ1n) is 9.53. The van der Waals surface area contributed by atoms with Crippen LogP contribution in [0.2, 0.25) is 0 Å². The molecule has 0 spiro atoms. The van der Waals surface area contributed by atoms with Crippen LogP contribution in [0.4, 0.5) is 0 Å². The highest BCUT2D eigenvalue weighted by Crippen LogP contribution is 2.45. The molecule has 0 amide bonds. The summed E-state index contributed by atoms with van der Waals surface area (Å²) in [6.07, 6.45) is 0. The van der Waals surface area contributed by atoms with Crippen molar-refractivity contribution in [3.63, 3.8) is 0 Å². The Morgan fingerprint density at radius 2 is 1.00 bits per heavy atom. The van der Waals surface area contributed by atoms with Crippen LogP contribution in [0.5, 0.6) is 11.5 Å². The van der Waals surface area contributed by atoms with Crippen LogP contribution in [0.3, 0.4) is 0 Å². The van der Waals surface area contributed by atoms with Gasteiger partial charge >= 0.3 is 11.9 Å². The predicted molar refractivity (Wildman–Crippen MR) is 141 cm³/mol. The summed E-state index contributed by atoms with van der Waals surface area (Å²) in [6, 6.07) is 15.2. The number of rotatable bonds is 4. The van der Waals surface area contributed by atoms with Crippen LogP contribution in [-0.4, -0.2) is 11.9 Å². The van der Waals surface area contributed by atoms with E-state index >= 15 is 0 Å². The van der Waals surface area contributed by atoms with Gasteiger partial charge in [-0.25, -0.2) is 0 Å². The van der Waals surface area contributed by atoms with E-state index in [1.54, 1.807) is 0 Å². The van der Waals surface area contributed by atoms with Gasteiger partial charge in [0.25, 0.3) is 0 Å². The number of esters is 2. The molecule has 1 aromatic heterocycles. The van der Waals surface area contributed by atoms with Crippen LogP contribution < -0.4 is 9.47 Å². The fourth-order valence-electron chi connectivity index (χ4n) is 3.38. The molecule has 0 aliphatic rings. The van der Waals surface area contributed by atoms with Crippen molar-refractivity contribution in [2.75, 3.05) is 0 Å². The van der Waals surface area contributed by atoms with E-state index in [2.05, 4.69) is 63.7 Å². The molecule has 0 N–H and O–H groups in total. The van der Waals surface area contributed by atoms with Gasteiger partial charge in [-0.3, -0.25) is 9.59 Å². The highest BCUT2D eigenvalue weighted by atomic mass is 79.9. The number of carbonyl (C=O) groups excluding carboxylic acids is 2. The fourth-order valence-corrected chi connectivity index (χ4v) is 6.08. The largest absolute Gasteiger partial charge is 0.455 e. The summed E-state index contributed by atoms with van der Waals surface area (Å²) in [5.74, 6) is 1.29. The average molecular weight is 702 g/mol. The Morgan fingerprint density at radius 1 is 0.667 bits per heavy atom. The highest BCUT2D eigenvalue weighted by molar-refractivity contribution is 9.11.